The molecule has 0 unspecified atom stereocenters. The molecule has 0 spiro atoms. The molecular formula is C14H21N3O3S. The highest BCUT2D eigenvalue weighted by Crippen LogP contribution is 2.28. The van der Waals surface area contributed by atoms with E-state index in [0.29, 0.717) is 25.8 Å². The fourth-order valence-electron chi connectivity index (χ4n) is 2.66. The van der Waals surface area contributed by atoms with Gasteiger partial charge in [-0.2, -0.15) is 0 Å². The molecule has 0 aliphatic heterocycles. The van der Waals surface area contributed by atoms with Crippen LogP contribution in [0.25, 0.3) is 0 Å². The summed E-state index contributed by atoms with van der Waals surface area (Å²) < 4.78 is 0. The van der Waals surface area contributed by atoms with Crippen molar-refractivity contribution >= 4 is 23.2 Å². The minimum absolute atomic E-state index is 0.285. The Morgan fingerprint density at radius 2 is 2.00 bits per heavy atom. The Labute approximate surface area is 127 Å². The molecule has 1 fully saturated rings. The van der Waals surface area contributed by atoms with Gasteiger partial charge in [0.05, 0.1) is 5.01 Å². The third-order valence-electron chi connectivity index (χ3n) is 3.86. The average Bonchev–Trinajstić information content (AvgIpc) is 2.78. The Balaban J connectivity index is 2.11. The molecule has 0 saturated heterocycles. The van der Waals surface area contributed by atoms with Crippen LogP contribution in [0.15, 0.2) is 5.38 Å². The number of nitrogens with zero attached hydrogens (tertiary/aromatic N) is 1. The number of carbonyl (C=O) groups excluding carboxylic acids is 1. The van der Waals surface area contributed by atoms with Gasteiger partial charge >= 0.3 is 5.97 Å². The predicted molar refractivity (Wildman–Crippen MR) is 80.4 cm³/mol. The average molecular weight is 311 g/mol. The van der Waals surface area contributed by atoms with Crippen LogP contribution in [0.3, 0.4) is 0 Å². The molecule has 1 aromatic heterocycles. The fourth-order valence-corrected chi connectivity index (χ4v) is 3.45. The second-order valence-electron chi connectivity index (χ2n) is 5.42. The summed E-state index contributed by atoms with van der Waals surface area (Å²) in [5.41, 5.74) is 4.60. The number of carboxylic acid groups (broad SMARTS) is 1. The van der Waals surface area contributed by atoms with Crippen LogP contribution in [0.2, 0.25) is 0 Å². The molecule has 0 radical (unpaired) electrons. The Morgan fingerprint density at radius 1 is 1.33 bits per heavy atom. The van der Waals surface area contributed by atoms with Crippen molar-refractivity contribution in [1.29, 1.82) is 0 Å². The van der Waals surface area contributed by atoms with Crippen LogP contribution in [-0.4, -0.2) is 34.1 Å². The molecule has 1 aliphatic carbocycles. The summed E-state index contributed by atoms with van der Waals surface area (Å²) in [6, 6.07) is 0. The van der Waals surface area contributed by atoms with E-state index in [9.17, 15) is 14.7 Å². The summed E-state index contributed by atoms with van der Waals surface area (Å²) >= 11 is 1.38. The molecule has 116 valence electrons. The summed E-state index contributed by atoms with van der Waals surface area (Å²) in [5, 5.41) is 14.7. The molecule has 1 saturated carbocycles. The van der Waals surface area contributed by atoms with Crippen molar-refractivity contribution in [3.05, 3.63) is 16.1 Å². The van der Waals surface area contributed by atoms with Crippen molar-refractivity contribution in [3.8, 4) is 0 Å². The summed E-state index contributed by atoms with van der Waals surface area (Å²) in [4.78, 5) is 28.2. The minimum Gasteiger partial charge on any atom is -0.480 e. The number of thiazole rings is 1. The van der Waals surface area contributed by atoms with E-state index in [1.807, 2.05) is 0 Å². The van der Waals surface area contributed by atoms with E-state index in [0.717, 1.165) is 30.7 Å². The molecule has 21 heavy (non-hydrogen) atoms. The van der Waals surface area contributed by atoms with Crippen LogP contribution in [0.4, 0.5) is 0 Å². The molecule has 1 heterocycles. The molecule has 4 N–H and O–H groups in total. The van der Waals surface area contributed by atoms with Gasteiger partial charge in [0.25, 0.3) is 5.91 Å². The Morgan fingerprint density at radius 3 is 2.57 bits per heavy atom. The van der Waals surface area contributed by atoms with Crippen LogP contribution in [0.1, 0.15) is 54.0 Å². The molecule has 7 heteroatoms. The number of rotatable bonds is 5. The first-order valence-electron chi connectivity index (χ1n) is 7.28. The number of aromatic nitrogens is 1. The van der Waals surface area contributed by atoms with Crippen LogP contribution >= 0.6 is 11.3 Å². The van der Waals surface area contributed by atoms with Crippen molar-refractivity contribution in [1.82, 2.24) is 10.3 Å². The van der Waals surface area contributed by atoms with Crippen LogP contribution in [-0.2, 0) is 11.2 Å². The summed E-state index contributed by atoms with van der Waals surface area (Å²) in [5.74, 6) is -1.35. The van der Waals surface area contributed by atoms with E-state index in [-0.39, 0.29) is 5.69 Å². The zero-order valence-corrected chi connectivity index (χ0v) is 12.7. The Kier molecular flexibility index (Phi) is 5.30. The zero-order chi connectivity index (χ0) is 15.3. The van der Waals surface area contributed by atoms with Crippen molar-refractivity contribution in [2.24, 2.45) is 5.73 Å². The van der Waals surface area contributed by atoms with E-state index in [1.165, 1.54) is 11.3 Å². The van der Waals surface area contributed by atoms with Gasteiger partial charge in [0.15, 0.2) is 0 Å². The topological polar surface area (TPSA) is 105 Å². The zero-order valence-electron chi connectivity index (χ0n) is 11.9. The van der Waals surface area contributed by atoms with E-state index in [1.54, 1.807) is 5.38 Å². The second kappa shape index (κ2) is 7.00. The molecule has 0 bridgehead atoms. The van der Waals surface area contributed by atoms with Gasteiger partial charge in [0.1, 0.15) is 11.2 Å². The standard InChI is InChI=1S/C14H21N3O3S/c15-8-5-11-16-10(9-21-11)12(18)17-14(13(19)20)6-3-1-2-4-7-14/h9H,1-8,15H2,(H,17,18)(H,19,20). The minimum atomic E-state index is -1.15. The first-order valence-corrected chi connectivity index (χ1v) is 8.16. The number of carboxylic acids is 1. The third kappa shape index (κ3) is 3.79. The van der Waals surface area contributed by atoms with Crippen molar-refractivity contribution in [2.75, 3.05) is 6.54 Å². The summed E-state index contributed by atoms with van der Waals surface area (Å²) in [6.45, 7) is 0.480. The smallest absolute Gasteiger partial charge is 0.329 e. The fraction of sp³-hybridized carbons (Fsp3) is 0.643. The maximum atomic E-state index is 12.3. The van der Waals surface area contributed by atoms with Crippen molar-refractivity contribution < 1.29 is 14.7 Å². The van der Waals surface area contributed by atoms with E-state index >= 15 is 0 Å². The molecule has 2 rings (SSSR count). The molecule has 0 atom stereocenters. The van der Waals surface area contributed by atoms with E-state index < -0.39 is 17.4 Å². The Hall–Kier alpha value is -1.47. The van der Waals surface area contributed by atoms with Gasteiger partial charge < -0.3 is 16.2 Å². The van der Waals surface area contributed by atoms with E-state index in [2.05, 4.69) is 10.3 Å². The normalized spacial score (nSPS) is 18.0. The van der Waals surface area contributed by atoms with Crippen LogP contribution in [0.5, 0.6) is 0 Å². The quantitative estimate of drug-likeness (QED) is 0.716. The molecule has 1 aromatic rings. The molecule has 6 nitrogen and oxygen atoms in total. The lowest BCUT2D eigenvalue weighted by molar-refractivity contribution is -0.145. The number of aliphatic carboxylic acids is 1. The number of hydrogen-bond acceptors (Lipinski definition) is 5. The summed E-state index contributed by atoms with van der Waals surface area (Å²) in [7, 11) is 0. The monoisotopic (exact) mass is 311 g/mol. The van der Waals surface area contributed by atoms with Gasteiger partial charge in [0.2, 0.25) is 0 Å². The number of hydrogen-bond donors (Lipinski definition) is 3. The highest BCUT2D eigenvalue weighted by Gasteiger charge is 2.40. The van der Waals surface area contributed by atoms with E-state index in [4.69, 9.17) is 5.73 Å². The van der Waals surface area contributed by atoms with Crippen molar-refractivity contribution in [2.45, 2.75) is 50.5 Å². The summed E-state index contributed by atoms with van der Waals surface area (Å²) in [6.07, 6.45) is 5.26. The lowest BCUT2D eigenvalue weighted by atomic mass is 9.90. The van der Waals surface area contributed by atoms with Gasteiger partial charge in [-0.05, 0) is 19.4 Å². The number of nitrogens with two attached hydrogens (primary N) is 1. The maximum Gasteiger partial charge on any atom is 0.329 e. The van der Waals surface area contributed by atoms with Crippen LogP contribution < -0.4 is 11.1 Å². The highest BCUT2D eigenvalue weighted by atomic mass is 32.1. The van der Waals surface area contributed by atoms with Gasteiger partial charge in [-0.25, -0.2) is 9.78 Å². The van der Waals surface area contributed by atoms with Crippen LogP contribution in [0, 0.1) is 0 Å². The lowest BCUT2D eigenvalue weighted by Crippen LogP contribution is -2.54. The highest BCUT2D eigenvalue weighted by molar-refractivity contribution is 7.09. The molecule has 1 amide bonds. The van der Waals surface area contributed by atoms with Gasteiger partial charge in [-0.3, -0.25) is 4.79 Å². The number of carbonyl (C=O) groups is 2. The lowest BCUT2D eigenvalue weighted by Gasteiger charge is -2.28. The molecule has 1 aliphatic rings. The van der Waals surface area contributed by atoms with Gasteiger partial charge in [0, 0.05) is 11.8 Å². The third-order valence-corrected chi connectivity index (χ3v) is 4.77. The maximum absolute atomic E-state index is 12.3. The molecule has 0 aromatic carbocycles. The van der Waals surface area contributed by atoms with Gasteiger partial charge in [-0.15, -0.1) is 11.3 Å². The number of nitrogens with one attached hydrogen (secondary N) is 1. The van der Waals surface area contributed by atoms with Gasteiger partial charge in [-0.1, -0.05) is 25.7 Å². The SMILES string of the molecule is NCCc1nc(C(=O)NC2(C(=O)O)CCCCCC2)cs1. The largest absolute Gasteiger partial charge is 0.480 e. The first-order chi connectivity index (χ1) is 10.1. The Bertz CT molecular complexity index is 507. The molecular weight excluding hydrogens is 290 g/mol. The first kappa shape index (κ1) is 15.9. The second-order valence-corrected chi connectivity index (χ2v) is 6.36. The predicted octanol–water partition coefficient (Wildman–Crippen LogP) is 1.55. The number of amides is 1. The van der Waals surface area contributed by atoms with Crippen molar-refractivity contribution in [3.63, 3.8) is 0 Å².